The fraction of sp³-hybridized carbons (Fsp3) is 1.00. The fourth-order valence-corrected chi connectivity index (χ4v) is 6.28. The number of fused-ring (bicyclic) bond motifs is 4. The van der Waals surface area contributed by atoms with E-state index in [2.05, 4.69) is 17.1 Å². The maximum absolute atomic E-state index is 11.2. The first-order valence-electron chi connectivity index (χ1n) is 9.93. The summed E-state index contributed by atoms with van der Waals surface area (Å²) in [6, 6.07) is 1.16. The van der Waals surface area contributed by atoms with Gasteiger partial charge in [-0.3, -0.25) is 4.90 Å². The Kier molecular flexibility index (Phi) is 4.49. The molecule has 3 nitrogen and oxygen atoms in total. The molecule has 0 aromatic heterocycles. The SMILES string of the molecule is CC[C@H]1CN2CC[C@H]1C[C@@H]2[C@H](O)C1CCNC2CCCCC21. The second-order valence-corrected chi connectivity index (χ2v) is 8.47. The third-order valence-electron chi connectivity index (χ3n) is 7.55. The van der Waals surface area contributed by atoms with Crippen molar-refractivity contribution in [2.24, 2.45) is 23.7 Å². The second-order valence-electron chi connectivity index (χ2n) is 8.47. The number of hydrogen-bond donors (Lipinski definition) is 2. The molecule has 5 fully saturated rings. The molecule has 2 bridgehead atoms. The topological polar surface area (TPSA) is 35.5 Å². The molecule has 3 heteroatoms. The van der Waals surface area contributed by atoms with Gasteiger partial charge < -0.3 is 10.4 Å². The van der Waals surface area contributed by atoms with Crippen LogP contribution in [0.15, 0.2) is 0 Å². The molecular weight excluding hydrogens is 272 g/mol. The van der Waals surface area contributed by atoms with E-state index in [1.807, 2.05) is 0 Å². The Balaban J connectivity index is 1.46. The van der Waals surface area contributed by atoms with Crippen molar-refractivity contribution in [1.82, 2.24) is 10.2 Å². The molecule has 0 radical (unpaired) electrons. The summed E-state index contributed by atoms with van der Waals surface area (Å²) in [6.07, 6.45) is 10.5. The second kappa shape index (κ2) is 6.41. The zero-order chi connectivity index (χ0) is 15.1. The number of nitrogens with zero attached hydrogens (tertiary/aromatic N) is 1. The molecule has 0 aromatic rings. The summed E-state index contributed by atoms with van der Waals surface area (Å²) in [4.78, 5) is 2.65. The van der Waals surface area contributed by atoms with Crippen molar-refractivity contribution in [3.05, 3.63) is 0 Å². The third-order valence-corrected chi connectivity index (χ3v) is 7.55. The van der Waals surface area contributed by atoms with Gasteiger partial charge in [0.15, 0.2) is 0 Å². The normalized spacial score (nSPS) is 49.6. The number of piperidine rings is 4. The quantitative estimate of drug-likeness (QED) is 0.841. The Bertz CT molecular complexity index is 386. The number of hydrogen-bond acceptors (Lipinski definition) is 3. The summed E-state index contributed by atoms with van der Waals surface area (Å²) >= 11 is 0. The minimum atomic E-state index is -0.0756. The van der Waals surface area contributed by atoms with Gasteiger partial charge in [0, 0.05) is 18.6 Å². The molecule has 4 unspecified atom stereocenters. The van der Waals surface area contributed by atoms with Crippen LogP contribution in [-0.2, 0) is 0 Å². The van der Waals surface area contributed by atoms with Gasteiger partial charge in [-0.2, -0.15) is 0 Å². The lowest BCUT2D eigenvalue weighted by molar-refractivity contribution is -0.0924. The minimum absolute atomic E-state index is 0.0756. The maximum Gasteiger partial charge on any atom is 0.0727 e. The van der Waals surface area contributed by atoms with Gasteiger partial charge in [-0.25, -0.2) is 0 Å². The van der Waals surface area contributed by atoms with E-state index in [0.29, 0.717) is 18.0 Å². The van der Waals surface area contributed by atoms with Crippen molar-refractivity contribution in [3.63, 3.8) is 0 Å². The van der Waals surface area contributed by atoms with E-state index in [1.54, 1.807) is 0 Å². The van der Waals surface area contributed by atoms with Crippen LogP contribution >= 0.6 is 0 Å². The van der Waals surface area contributed by atoms with Gasteiger partial charge in [0.25, 0.3) is 0 Å². The summed E-state index contributed by atoms with van der Waals surface area (Å²) in [6.45, 7) is 5.96. The zero-order valence-electron chi connectivity index (χ0n) is 14.2. The molecule has 0 amide bonds. The number of aliphatic hydroxyl groups excluding tert-OH is 1. The lowest BCUT2D eigenvalue weighted by Gasteiger charge is -2.54. The molecule has 8 atom stereocenters. The van der Waals surface area contributed by atoms with Gasteiger partial charge in [0.2, 0.25) is 0 Å². The summed E-state index contributed by atoms with van der Waals surface area (Å²) < 4.78 is 0. The van der Waals surface area contributed by atoms with Crippen molar-refractivity contribution in [2.45, 2.75) is 76.5 Å². The van der Waals surface area contributed by atoms with E-state index in [9.17, 15) is 5.11 Å². The first kappa shape index (κ1) is 15.4. The van der Waals surface area contributed by atoms with Crippen LogP contribution in [0.3, 0.4) is 0 Å². The van der Waals surface area contributed by atoms with Gasteiger partial charge >= 0.3 is 0 Å². The van der Waals surface area contributed by atoms with E-state index in [0.717, 1.165) is 24.3 Å². The van der Waals surface area contributed by atoms with Crippen molar-refractivity contribution in [3.8, 4) is 0 Å². The smallest absolute Gasteiger partial charge is 0.0727 e. The van der Waals surface area contributed by atoms with Crippen LogP contribution in [0.2, 0.25) is 0 Å². The van der Waals surface area contributed by atoms with Crippen LogP contribution in [0.5, 0.6) is 0 Å². The molecule has 2 N–H and O–H groups in total. The van der Waals surface area contributed by atoms with Gasteiger partial charge in [0.1, 0.15) is 0 Å². The van der Waals surface area contributed by atoms with Crippen molar-refractivity contribution >= 4 is 0 Å². The molecule has 4 heterocycles. The first-order valence-corrected chi connectivity index (χ1v) is 9.93. The van der Waals surface area contributed by atoms with E-state index >= 15 is 0 Å². The van der Waals surface area contributed by atoms with E-state index in [1.165, 1.54) is 64.5 Å². The number of aliphatic hydroxyl groups is 1. The minimum Gasteiger partial charge on any atom is -0.391 e. The Labute approximate surface area is 135 Å². The van der Waals surface area contributed by atoms with Crippen molar-refractivity contribution in [1.29, 1.82) is 0 Å². The molecule has 0 aromatic carbocycles. The highest BCUT2D eigenvalue weighted by atomic mass is 16.3. The van der Waals surface area contributed by atoms with Crippen LogP contribution < -0.4 is 5.32 Å². The Morgan fingerprint density at radius 3 is 2.82 bits per heavy atom. The molecule has 0 spiro atoms. The standard InChI is InChI=1S/C19H34N2O/c1-2-13-12-21-10-8-14(13)11-18(21)19(22)16-7-9-20-17-6-4-3-5-15(16)17/h13-20,22H,2-12H2,1H3/t13-,14-,15?,16?,17?,18+,19+/m0/s1. The fourth-order valence-electron chi connectivity index (χ4n) is 6.28. The molecule has 1 saturated carbocycles. The van der Waals surface area contributed by atoms with Gasteiger partial charge in [0.05, 0.1) is 6.10 Å². The highest BCUT2D eigenvalue weighted by Crippen LogP contribution is 2.43. The van der Waals surface area contributed by atoms with E-state index in [4.69, 9.17) is 0 Å². The lowest BCUT2D eigenvalue weighted by Crippen LogP contribution is -2.61. The monoisotopic (exact) mass is 306 g/mol. The van der Waals surface area contributed by atoms with Crippen LogP contribution in [0.4, 0.5) is 0 Å². The molecule has 4 aliphatic heterocycles. The highest BCUT2D eigenvalue weighted by molar-refractivity contribution is 5.00. The molecule has 5 rings (SSSR count). The maximum atomic E-state index is 11.2. The largest absolute Gasteiger partial charge is 0.391 e. The van der Waals surface area contributed by atoms with E-state index in [-0.39, 0.29) is 6.10 Å². The Morgan fingerprint density at radius 1 is 1.18 bits per heavy atom. The van der Waals surface area contributed by atoms with Crippen LogP contribution in [0.1, 0.15) is 58.3 Å². The zero-order valence-corrected chi connectivity index (χ0v) is 14.2. The lowest BCUT2D eigenvalue weighted by atomic mass is 9.66. The van der Waals surface area contributed by atoms with Gasteiger partial charge in [-0.15, -0.1) is 0 Å². The Hall–Kier alpha value is -0.120. The predicted molar refractivity (Wildman–Crippen MR) is 89.7 cm³/mol. The van der Waals surface area contributed by atoms with Crippen LogP contribution in [0.25, 0.3) is 0 Å². The molecule has 5 aliphatic rings. The highest BCUT2D eigenvalue weighted by Gasteiger charge is 2.47. The average Bonchev–Trinajstić information content (AvgIpc) is 2.60. The molecule has 1 aliphatic carbocycles. The average molecular weight is 306 g/mol. The van der Waals surface area contributed by atoms with Gasteiger partial charge in [-0.05, 0) is 68.9 Å². The van der Waals surface area contributed by atoms with Crippen LogP contribution in [-0.4, -0.2) is 47.8 Å². The number of rotatable bonds is 3. The Morgan fingerprint density at radius 2 is 2.05 bits per heavy atom. The summed E-state index contributed by atoms with van der Waals surface area (Å²) in [7, 11) is 0. The number of nitrogens with one attached hydrogen (secondary N) is 1. The third kappa shape index (κ3) is 2.63. The molecule has 22 heavy (non-hydrogen) atoms. The molecule has 4 saturated heterocycles. The summed E-state index contributed by atoms with van der Waals surface area (Å²) in [5, 5.41) is 15.0. The molecular formula is C19H34N2O. The predicted octanol–water partition coefficient (Wildman–Crippen LogP) is 2.64. The van der Waals surface area contributed by atoms with Gasteiger partial charge in [-0.1, -0.05) is 26.2 Å². The summed E-state index contributed by atoms with van der Waals surface area (Å²) in [5.74, 6) is 3.07. The summed E-state index contributed by atoms with van der Waals surface area (Å²) in [5.41, 5.74) is 0. The van der Waals surface area contributed by atoms with E-state index < -0.39 is 0 Å². The molecule has 126 valence electrons. The van der Waals surface area contributed by atoms with Crippen LogP contribution in [0, 0.1) is 23.7 Å². The van der Waals surface area contributed by atoms with Crippen molar-refractivity contribution < 1.29 is 5.11 Å². The first-order chi connectivity index (χ1) is 10.8. The van der Waals surface area contributed by atoms with Crippen molar-refractivity contribution in [2.75, 3.05) is 19.6 Å².